The smallest absolute Gasteiger partial charge is 0.148 e. The van der Waals surface area contributed by atoms with Gasteiger partial charge in [-0.3, -0.25) is 4.68 Å². The lowest BCUT2D eigenvalue weighted by Gasteiger charge is -2.09. The predicted molar refractivity (Wildman–Crippen MR) is 76.7 cm³/mol. The van der Waals surface area contributed by atoms with Crippen molar-refractivity contribution < 1.29 is 0 Å². The molecule has 0 atom stereocenters. The number of nitrogens with one attached hydrogen (secondary N) is 1. The minimum Gasteiger partial charge on any atom is -0.394 e. The monoisotopic (exact) mass is 250 g/mol. The van der Waals surface area contributed by atoms with Gasteiger partial charge in [-0.05, 0) is 16.7 Å². The Hall–Kier alpha value is -1.19. The summed E-state index contributed by atoms with van der Waals surface area (Å²) in [6.45, 7) is 13.4. The average Bonchev–Trinajstić information content (AvgIpc) is 2.51. The van der Waals surface area contributed by atoms with Gasteiger partial charge in [-0.1, -0.05) is 41.5 Å². The minimum atomic E-state index is 0.293. The molecule has 0 spiro atoms. The Morgan fingerprint density at radius 1 is 1.22 bits per heavy atom. The number of aromatic nitrogens is 2. The molecule has 0 unspecified atom stereocenters. The van der Waals surface area contributed by atoms with Crippen LogP contribution in [0.3, 0.4) is 0 Å². The normalized spacial score (nSPS) is 21.3. The van der Waals surface area contributed by atoms with Crippen LogP contribution in [0.25, 0.3) is 0 Å². The maximum absolute atomic E-state index is 6.21. The van der Waals surface area contributed by atoms with Crippen LogP contribution in [0.1, 0.15) is 53.2 Å². The van der Waals surface area contributed by atoms with Crippen molar-refractivity contribution in [3.63, 3.8) is 0 Å². The zero-order valence-corrected chi connectivity index (χ0v) is 12.6. The first-order valence-electron chi connectivity index (χ1n) is 6.69. The van der Waals surface area contributed by atoms with Gasteiger partial charge in [-0.2, -0.15) is 5.10 Å². The molecule has 1 fully saturated rings. The molecule has 0 amide bonds. The van der Waals surface area contributed by atoms with Gasteiger partial charge in [0.15, 0.2) is 0 Å². The Labute approximate surface area is 110 Å². The molecule has 0 aromatic carbocycles. The van der Waals surface area contributed by atoms with Crippen LogP contribution in [-0.4, -0.2) is 15.8 Å². The summed E-state index contributed by atoms with van der Waals surface area (Å²) in [5, 5.41) is 8.10. The van der Waals surface area contributed by atoms with Gasteiger partial charge >= 0.3 is 0 Å². The van der Waals surface area contributed by atoms with Gasteiger partial charge in [0.1, 0.15) is 5.82 Å². The summed E-state index contributed by atoms with van der Waals surface area (Å²) in [7, 11) is 1.95. The molecule has 0 aliphatic heterocycles. The fourth-order valence-corrected chi connectivity index (χ4v) is 2.85. The van der Waals surface area contributed by atoms with Crippen molar-refractivity contribution in [2.45, 2.75) is 53.5 Å². The van der Waals surface area contributed by atoms with Gasteiger partial charge in [0, 0.05) is 13.1 Å². The molecule has 2 rings (SSSR count). The largest absolute Gasteiger partial charge is 0.394 e. The highest BCUT2D eigenvalue weighted by atomic mass is 15.3. The molecule has 102 valence electrons. The van der Waals surface area contributed by atoms with Crippen molar-refractivity contribution >= 4 is 11.5 Å². The number of hydrogen-bond donors (Lipinski definition) is 2. The van der Waals surface area contributed by atoms with E-state index in [4.69, 9.17) is 5.73 Å². The van der Waals surface area contributed by atoms with Crippen LogP contribution >= 0.6 is 0 Å². The van der Waals surface area contributed by atoms with Crippen molar-refractivity contribution in [2.75, 3.05) is 11.1 Å². The van der Waals surface area contributed by atoms with Crippen LogP contribution in [0, 0.1) is 10.8 Å². The number of nitrogens with two attached hydrogens (primary N) is 1. The van der Waals surface area contributed by atoms with Gasteiger partial charge < -0.3 is 11.1 Å². The third-order valence-electron chi connectivity index (χ3n) is 4.96. The number of anilines is 2. The molecule has 1 aliphatic rings. The summed E-state index contributed by atoms with van der Waals surface area (Å²) in [6, 6.07) is 0.447. The lowest BCUT2D eigenvalue weighted by molar-refractivity contribution is 0.457. The maximum Gasteiger partial charge on any atom is 0.148 e. The number of rotatable bonds is 3. The molecule has 18 heavy (non-hydrogen) atoms. The topological polar surface area (TPSA) is 55.9 Å². The molecule has 1 heterocycles. The van der Waals surface area contributed by atoms with Crippen LogP contribution in [0.5, 0.6) is 0 Å². The van der Waals surface area contributed by atoms with E-state index >= 15 is 0 Å². The molecule has 0 saturated heterocycles. The van der Waals surface area contributed by atoms with Crippen molar-refractivity contribution in [2.24, 2.45) is 17.9 Å². The van der Waals surface area contributed by atoms with Crippen molar-refractivity contribution in [3.05, 3.63) is 5.69 Å². The molecule has 0 bridgehead atoms. The Bertz CT molecular complexity index is 454. The van der Waals surface area contributed by atoms with E-state index in [1.165, 1.54) is 0 Å². The van der Waals surface area contributed by atoms with Crippen molar-refractivity contribution in [3.8, 4) is 0 Å². The van der Waals surface area contributed by atoms with Crippen LogP contribution < -0.4 is 11.1 Å². The van der Waals surface area contributed by atoms with Gasteiger partial charge in [-0.25, -0.2) is 0 Å². The Kier molecular flexibility index (Phi) is 2.69. The first kappa shape index (κ1) is 13.2. The fourth-order valence-electron chi connectivity index (χ4n) is 2.85. The molecule has 1 aliphatic carbocycles. The first-order valence-corrected chi connectivity index (χ1v) is 6.69. The zero-order chi connectivity index (χ0) is 13.9. The van der Waals surface area contributed by atoms with E-state index in [0.29, 0.717) is 22.8 Å². The van der Waals surface area contributed by atoms with E-state index in [1.807, 2.05) is 11.7 Å². The Balaban J connectivity index is 2.27. The van der Waals surface area contributed by atoms with E-state index in [0.717, 1.165) is 17.2 Å². The molecular weight excluding hydrogens is 224 g/mol. The third-order valence-corrected chi connectivity index (χ3v) is 4.96. The number of nitrogen functional groups attached to an aromatic ring is 1. The minimum absolute atomic E-state index is 0.293. The van der Waals surface area contributed by atoms with E-state index in [9.17, 15) is 0 Å². The third kappa shape index (κ3) is 1.62. The summed E-state index contributed by atoms with van der Waals surface area (Å²) in [4.78, 5) is 0. The first-order chi connectivity index (χ1) is 8.10. The Morgan fingerprint density at radius 3 is 2.06 bits per heavy atom. The molecule has 0 radical (unpaired) electrons. The summed E-state index contributed by atoms with van der Waals surface area (Å²) in [5.41, 5.74) is 8.58. The van der Waals surface area contributed by atoms with Gasteiger partial charge in [0.2, 0.25) is 0 Å². The standard InChI is InChI=1S/C14H26N4/c1-8(2)10-9(15)11(18(7)17-10)16-12-13(3,4)14(12,5)6/h8,12,16H,15H2,1-7H3. The van der Waals surface area contributed by atoms with Crippen LogP contribution in [0.4, 0.5) is 11.5 Å². The Morgan fingerprint density at radius 2 is 1.72 bits per heavy atom. The number of hydrogen-bond acceptors (Lipinski definition) is 3. The second-order valence-corrected chi connectivity index (χ2v) is 6.95. The highest BCUT2D eigenvalue weighted by Crippen LogP contribution is 2.63. The zero-order valence-electron chi connectivity index (χ0n) is 12.6. The quantitative estimate of drug-likeness (QED) is 0.867. The highest BCUT2D eigenvalue weighted by molar-refractivity contribution is 5.67. The SMILES string of the molecule is CC(C)c1nn(C)c(NC2C(C)(C)C2(C)C)c1N. The molecule has 1 aromatic rings. The van der Waals surface area contributed by atoms with E-state index in [2.05, 4.69) is 52.0 Å². The van der Waals surface area contributed by atoms with Gasteiger partial charge in [-0.15, -0.1) is 0 Å². The van der Waals surface area contributed by atoms with Crippen molar-refractivity contribution in [1.82, 2.24) is 9.78 Å². The highest BCUT2D eigenvalue weighted by Gasteiger charge is 2.65. The molecule has 3 N–H and O–H groups in total. The summed E-state index contributed by atoms with van der Waals surface area (Å²) in [6.07, 6.45) is 0. The lowest BCUT2D eigenvalue weighted by atomic mass is 10.0. The van der Waals surface area contributed by atoms with Crippen LogP contribution in [0.15, 0.2) is 0 Å². The molecule has 1 saturated carbocycles. The van der Waals surface area contributed by atoms with Crippen LogP contribution in [-0.2, 0) is 7.05 Å². The summed E-state index contributed by atoms with van der Waals surface area (Å²) in [5.74, 6) is 1.31. The number of aryl methyl sites for hydroxylation is 1. The maximum atomic E-state index is 6.21. The molecule has 1 aromatic heterocycles. The summed E-state index contributed by atoms with van der Waals surface area (Å²) >= 11 is 0. The van der Waals surface area contributed by atoms with E-state index in [1.54, 1.807) is 0 Å². The van der Waals surface area contributed by atoms with E-state index in [-0.39, 0.29) is 0 Å². The second kappa shape index (κ2) is 3.65. The molecule has 4 nitrogen and oxygen atoms in total. The lowest BCUT2D eigenvalue weighted by Crippen LogP contribution is -2.14. The van der Waals surface area contributed by atoms with E-state index < -0.39 is 0 Å². The summed E-state index contributed by atoms with van der Waals surface area (Å²) < 4.78 is 1.87. The van der Waals surface area contributed by atoms with Crippen LogP contribution in [0.2, 0.25) is 0 Å². The molecule has 4 heteroatoms. The van der Waals surface area contributed by atoms with Gasteiger partial charge in [0.25, 0.3) is 0 Å². The fraction of sp³-hybridized carbons (Fsp3) is 0.786. The second-order valence-electron chi connectivity index (χ2n) is 6.95. The number of nitrogens with zero attached hydrogens (tertiary/aromatic N) is 2. The molecular formula is C14H26N4. The average molecular weight is 250 g/mol. The van der Waals surface area contributed by atoms with Crippen molar-refractivity contribution in [1.29, 1.82) is 0 Å². The predicted octanol–water partition coefficient (Wildman–Crippen LogP) is 2.97. The van der Waals surface area contributed by atoms with Gasteiger partial charge in [0.05, 0.1) is 11.4 Å².